The Morgan fingerprint density at radius 1 is 1.11 bits per heavy atom. The van der Waals surface area contributed by atoms with E-state index >= 15 is 0 Å². The zero-order chi connectivity index (χ0) is 13.8. The third-order valence-corrected chi connectivity index (χ3v) is 4.26. The van der Waals surface area contributed by atoms with Gasteiger partial charge >= 0.3 is 0 Å². The number of benzene rings is 2. The molecule has 1 N–H and O–H groups in total. The molecular formula is C15H14BrCl2N. The standard InChI is InChI=1S/C15H14BrCl2N/c1-19-15(11-3-2-4-12(16)9-11)8-10-5-6-13(17)14(18)7-10/h2-7,9,15,19H,8H2,1H3. The van der Waals surface area contributed by atoms with Gasteiger partial charge in [0.15, 0.2) is 0 Å². The monoisotopic (exact) mass is 357 g/mol. The predicted molar refractivity (Wildman–Crippen MR) is 86.1 cm³/mol. The lowest BCUT2D eigenvalue weighted by Gasteiger charge is -2.17. The molecule has 1 nitrogen and oxygen atoms in total. The van der Waals surface area contributed by atoms with Gasteiger partial charge in [-0.15, -0.1) is 0 Å². The number of hydrogen-bond donors (Lipinski definition) is 1. The van der Waals surface area contributed by atoms with E-state index in [9.17, 15) is 0 Å². The highest BCUT2D eigenvalue weighted by Crippen LogP contribution is 2.26. The van der Waals surface area contributed by atoms with Crippen LogP contribution in [0.4, 0.5) is 0 Å². The largest absolute Gasteiger partial charge is 0.313 e. The molecule has 0 saturated heterocycles. The molecule has 2 rings (SSSR count). The predicted octanol–water partition coefficient (Wildman–Crippen LogP) is 5.26. The summed E-state index contributed by atoms with van der Waals surface area (Å²) in [6, 6.07) is 14.3. The van der Waals surface area contributed by atoms with E-state index in [0.717, 1.165) is 16.5 Å². The van der Waals surface area contributed by atoms with Gasteiger partial charge in [0.2, 0.25) is 0 Å². The first-order valence-corrected chi connectivity index (χ1v) is 7.51. The smallest absolute Gasteiger partial charge is 0.0595 e. The van der Waals surface area contributed by atoms with Gasteiger partial charge in [-0.2, -0.15) is 0 Å². The normalized spacial score (nSPS) is 12.4. The van der Waals surface area contributed by atoms with Crippen LogP contribution in [0.15, 0.2) is 46.9 Å². The highest BCUT2D eigenvalue weighted by molar-refractivity contribution is 9.10. The van der Waals surface area contributed by atoms with Crippen LogP contribution >= 0.6 is 39.1 Å². The third-order valence-electron chi connectivity index (χ3n) is 3.02. The topological polar surface area (TPSA) is 12.0 Å². The fraction of sp³-hybridized carbons (Fsp3) is 0.200. The summed E-state index contributed by atoms with van der Waals surface area (Å²) in [5.41, 5.74) is 2.40. The molecule has 2 aromatic carbocycles. The van der Waals surface area contributed by atoms with Crippen molar-refractivity contribution in [1.82, 2.24) is 5.32 Å². The van der Waals surface area contributed by atoms with E-state index < -0.39 is 0 Å². The van der Waals surface area contributed by atoms with Gasteiger partial charge in [-0.25, -0.2) is 0 Å². The van der Waals surface area contributed by atoms with Crippen LogP contribution in [0, 0.1) is 0 Å². The average Bonchev–Trinajstić information content (AvgIpc) is 2.40. The van der Waals surface area contributed by atoms with Crippen molar-refractivity contribution in [2.75, 3.05) is 7.05 Å². The summed E-state index contributed by atoms with van der Waals surface area (Å²) in [4.78, 5) is 0. The van der Waals surface area contributed by atoms with Crippen molar-refractivity contribution in [3.63, 3.8) is 0 Å². The Morgan fingerprint density at radius 3 is 2.53 bits per heavy atom. The molecular weight excluding hydrogens is 345 g/mol. The lowest BCUT2D eigenvalue weighted by atomic mass is 9.99. The zero-order valence-electron chi connectivity index (χ0n) is 10.5. The van der Waals surface area contributed by atoms with Crippen LogP contribution in [0.25, 0.3) is 0 Å². The van der Waals surface area contributed by atoms with Crippen LogP contribution in [0.3, 0.4) is 0 Å². The molecule has 0 fully saturated rings. The number of likely N-dealkylation sites (N-methyl/N-ethyl adjacent to an activating group) is 1. The molecule has 0 saturated carbocycles. The molecule has 1 unspecified atom stereocenters. The molecule has 0 bridgehead atoms. The van der Waals surface area contributed by atoms with Gasteiger partial charge in [0, 0.05) is 10.5 Å². The van der Waals surface area contributed by atoms with Gasteiger partial charge in [-0.1, -0.05) is 57.3 Å². The fourth-order valence-corrected chi connectivity index (χ4v) is 2.75. The number of nitrogens with one attached hydrogen (secondary N) is 1. The molecule has 0 radical (unpaired) electrons. The summed E-state index contributed by atoms with van der Waals surface area (Å²) in [6.07, 6.45) is 0.865. The van der Waals surface area contributed by atoms with E-state index in [1.54, 1.807) is 0 Å². The van der Waals surface area contributed by atoms with Crippen molar-refractivity contribution in [3.8, 4) is 0 Å². The van der Waals surface area contributed by atoms with Crippen LogP contribution in [0.5, 0.6) is 0 Å². The second-order valence-electron chi connectivity index (χ2n) is 4.35. The Morgan fingerprint density at radius 2 is 1.89 bits per heavy atom. The molecule has 0 heterocycles. The minimum absolute atomic E-state index is 0.245. The second-order valence-corrected chi connectivity index (χ2v) is 6.08. The number of hydrogen-bond acceptors (Lipinski definition) is 1. The van der Waals surface area contributed by atoms with Gasteiger partial charge in [0.25, 0.3) is 0 Å². The van der Waals surface area contributed by atoms with E-state index in [0.29, 0.717) is 10.0 Å². The third kappa shape index (κ3) is 3.96. The molecule has 4 heteroatoms. The van der Waals surface area contributed by atoms with Crippen molar-refractivity contribution in [2.45, 2.75) is 12.5 Å². The van der Waals surface area contributed by atoms with Crippen LogP contribution in [0.2, 0.25) is 10.0 Å². The summed E-state index contributed by atoms with van der Waals surface area (Å²) >= 11 is 15.5. The summed E-state index contributed by atoms with van der Waals surface area (Å²) in [5.74, 6) is 0. The van der Waals surface area contributed by atoms with Gasteiger partial charge in [-0.05, 0) is 48.9 Å². The van der Waals surface area contributed by atoms with Crippen LogP contribution < -0.4 is 5.32 Å². The van der Waals surface area contributed by atoms with Crippen LogP contribution in [0.1, 0.15) is 17.2 Å². The molecule has 0 spiro atoms. The van der Waals surface area contributed by atoms with E-state index in [1.165, 1.54) is 5.56 Å². The molecule has 1 atom stereocenters. The van der Waals surface area contributed by atoms with Gasteiger partial charge in [0.05, 0.1) is 10.0 Å². The maximum absolute atomic E-state index is 6.05. The minimum atomic E-state index is 0.245. The lowest BCUT2D eigenvalue weighted by Crippen LogP contribution is -2.18. The molecule has 2 aromatic rings. The van der Waals surface area contributed by atoms with Gasteiger partial charge in [-0.3, -0.25) is 0 Å². The Balaban J connectivity index is 2.21. The first kappa shape index (κ1) is 14.9. The number of rotatable bonds is 4. The first-order chi connectivity index (χ1) is 9.10. The average molecular weight is 359 g/mol. The van der Waals surface area contributed by atoms with E-state index in [1.807, 2.05) is 37.4 Å². The molecule has 0 aliphatic carbocycles. The highest BCUT2D eigenvalue weighted by Gasteiger charge is 2.11. The first-order valence-electron chi connectivity index (χ1n) is 5.97. The van der Waals surface area contributed by atoms with Crippen LogP contribution in [-0.2, 0) is 6.42 Å². The maximum atomic E-state index is 6.05. The highest BCUT2D eigenvalue weighted by atomic mass is 79.9. The van der Waals surface area contributed by atoms with Gasteiger partial charge in [0.1, 0.15) is 0 Å². The Hall–Kier alpha value is -0.540. The molecule has 0 aliphatic rings. The van der Waals surface area contributed by atoms with Crippen molar-refractivity contribution in [1.29, 1.82) is 0 Å². The van der Waals surface area contributed by atoms with Crippen molar-refractivity contribution >= 4 is 39.1 Å². The SMILES string of the molecule is CNC(Cc1ccc(Cl)c(Cl)c1)c1cccc(Br)c1. The quantitative estimate of drug-likeness (QED) is 0.786. The Kier molecular flexibility index (Phi) is 5.28. The molecule has 0 aliphatic heterocycles. The summed E-state index contributed by atoms with van der Waals surface area (Å²) < 4.78 is 1.08. The Labute approximate surface area is 132 Å². The van der Waals surface area contributed by atoms with Crippen molar-refractivity contribution in [3.05, 3.63) is 68.1 Å². The van der Waals surface area contributed by atoms with E-state index in [4.69, 9.17) is 23.2 Å². The van der Waals surface area contributed by atoms with Crippen LogP contribution in [-0.4, -0.2) is 7.05 Å². The summed E-state index contributed by atoms with van der Waals surface area (Å²) in [6.45, 7) is 0. The molecule has 19 heavy (non-hydrogen) atoms. The van der Waals surface area contributed by atoms with E-state index in [2.05, 4.69) is 33.4 Å². The molecule has 0 amide bonds. The number of halogens is 3. The summed E-state index contributed by atoms with van der Waals surface area (Å²) in [7, 11) is 1.96. The van der Waals surface area contributed by atoms with E-state index in [-0.39, 0.29) is 6.04 Å². The van der Waals surface area contributed by atoms with Gasteiger partial charge < -0.3 is 5.32 Å². The molecule has 0 aromatic heterocycles. The van der Waals surface area contributed by atoms with Crippen molar-refractivity contribution in [2.24, 2.45) is 0 Å². The second kappa shape index (κ2) is 6.76. The zero-order valence-corrected chi connectivity index (χ0v) is 13.6. The van der Waals surface area contributed by atoms with Crippen molar-refractivity contribution < 1.29 is 0 Å². The molecule has 100 valence electrons. The maximum Gasteiger partial charge on any atom is 0.0595 e. The fourth-order valence-electron chi connectivity index (χ4n) is 2.01. The Bertz CT molecular complexity index is 572. The summed E-state index contributed by atoms with van der Waals surface area (Å²) in [5, 5.41) is 4.52. The lowest BCUT2D eigenvalue weighted by molar-refractivity contribution is 0.592. The minimum Gasteiger partial charge on any atom is -0.313 e.